The zero-order valence-electron chi connectivity index (χ0n) is 13.7. The number of hydrogen-bond acceptors (Lipinski definition) is 3. The lowest BCUT2D eigenvalue weighted by Gasteiger charge is -2.19. The molecule has 0 aliphatic heterocycles. The van der Waals surface area contributed by atoms with Crippen molar-refractivity contribution in [2.45, 2.75) is 20.8 Å². The molecule has 2 rings (SSSR count). The van der Waals surface area contributed by atoms with E-state index >= 15 is 0 Å². The Morgan fingerprint density at radius 2 is 1.42 bits per heavy atom. The lowest BCUT2D eigenvalue weighted by atomic mass is 9.90. The number of hydrogen-bond donors (Lipinski definition) is 2. The van der Waals surface area contributed by atoms with Crippen molar-refractivity contribution in [3.05, 3.63) is 57.5 Å². The summed E-state index contributed by atoms with van der Waals surface area (Å²) in [4.78, 5) is 17.1. The number of benzene rings is 2. The molecule has 2 aromatic carbocycles. The number of anilines is 1. The van der Waals surface area contributed by atoms with Gasteiger partial charge in [-0.2, -0.15) is 0 Å². The van der Waals surface area contributed by atoms with E-state index in [4.69, 9.17) is 0 Å². The molecule has 6 heteroatoms. The summed E-state index contributed by atoms with van der Waals surface area (Å²) in [7, 11) is 0. The van der Waals surface area contributed by atoms with Crippen LogP contribution >= 0.6 is 31.9 Å². The topological polar surface area (TPSA) is 53.5 Å². The molecular formula is C18H19Br2N3O. The van der Waals surface area contributed by atoms with Crippen molar-refractivity contribution in [1.82, 2.24) is 5.43 Å². The molecule has 0 saturated heterocycles. The molecule has 0 bridgehead atoms. The van der Waals surface area contributed by atoms with E-state index in [0.717, 1.165) is 14.6 Å². The van der Waals surface area contributed by atoms with Crippen LogP contribution in [0.4, 0.5) is 11.4 Å². The summed E-state index contributed by atoms with van der Waals surface area (Å²) in [5.41, 5.74) is 6.98. The average molecular weight is 453 g/mol. The van der Waals surface area contributed by atoms with Gasteiger partial charge in [-0.3, -0.25) is 15.6 Å². The molecule has 0 saturated carbocycles. The van der Waals surface area contributed by atoms with Crippen LogP contribution in [0, 0.1) is 5.41 Å². The SMILES string of the molecule is CC(C)(C)C(=O)C(=Nc1ccc(Br)cc1)NNc1ccc(Br)cc1. The van der Waals surface area contributed by atoms with Gasteiger partial charge in [0.15, 0.2) is 5.84 Å². The fourth-order valence-corrected chi connectivity index (χ4v) is 2.33. The van der Waals surface area contributed by atoms with Gasteiger partial charge in [-0.1, -0.05) is 52.6 Å². The third kappa shape index (κ3) is 5.46. The highest BCUT2D eigenvalue weighted by Gasteiger charge is 2.26. The Labute approximate surface area is 159 Å². The van der Waals surface area contributed by atoms with Crippen molar-refractivity contribution in [3.8, 4) is 0 Å². The number of aliphatic imine (C=N–C) groups is 1. The lowest BCUT2D eigenvalue weighted by molar-refractivity contribution is -0.119. The molecule has 0 fully saturated rings. The Hall–Kier alpha value is -1.66. The normalized spacial score (nSPS) is 12.0. The Kier molecular flexibility index (Phi) is 6.18. The van der Waals surface area contributed by atoms with E-state index in [2.05, 4.69) is 47.7 Å². The van der Waals surface area contributed by atoms with Crippen LogP contribution in [0.25, 0.3) is 0 Å². The highest BCUT2D eigenvalue weighted by Crippen LogP contribution is 2.20. The maximum Gasteiger partial charge on any atom is 0.204 e. The second kappa shape index (κ2) is 7.94. The minimum Gasteiger partial charge on any atom is -0.300 e. The van der Waals surface area contributed by atoms with E-state index in [1.54, 1.807) is 0 Å². The molecule has 24 heavy (non-hydrogen) atoms. The van der Waals surface area contributed by atoms with Crippen LogP contribution in [-0.4, -0.2) is 11.6 Å². The number of carbonyl (C=O) groups is 1. The van der Waals surface area contributed by atoms with Gasteiger partial charge in [-0.15, -0.1) is 0 Å². The van der Waals surface area contributed by atoms with Gasteiger partial charge in [-0.05, 0) is 48.5 Å². The third-order valence-electron chi connectivity index (χ3n) is 3.13. The molecule has 0 atom stereocenters. The molecule has 4 nitrogen and oxygen atoms in total. The van der Waals surface area contributed by atoms with Crippen molar-refractivity contribution in [1.29, 1.82) is 0 Å². The zero-order valence-corrected chi connectivity index (χ0v) is 16.9. The Morgan fingerprint density at radius 1 is 0.917 bits per heavy atom. The third-order valence-corrected chi connectivity index (χ3v) is 4.19. The summed E-state index contributed by atoms with van der Waals surface area (Å²) in [6, 6.07) is 15.1. The van der Waals surface area contributed by atoms with Crippen LogP contribution in [0.1, 0.15) is 20.8 Å². The van der Waals surface area contributed by atoms with Gasteiger partial charge in [0.25, 0.3) is 0 Å². The molecule has 0 aliphatic carbocycles. The van der Waals surface area contributed by atoms with E-state index in [1.165, 1.54) is 0 Å². The maximum atomic E-state index is 12.7. The number of amidine groups is 1. The molecule has 2 aromatic rings. The highest BCUT2D eigenvalue weighted by atomic mass is 79.9. The van der Waals surface area contributed by atoms with Crippen LogP contribution < -0.4 is 10.9 Å². The minimum atomic E-state index is -0.539. The van der Waals surface area contributed by atoms with Crippen molar-refractivity contribution >= 4 is 54.9 Å². The predicted molar refractivity (Wildman–Crippen MR) is 107 cm³/mol. The minimum absolute atomic E-state index is 0.0740. The number of Topliss-reactive ketones (excluding diaryl/α,β-unsaturated/α-hetero) is 1. The largest absolute Gasteiger partial charge is 0.300 e. The van der Waals surface area contributed by atoms with Gasteiger partial charge in [0, 0.05) is 14.4 Å². The van der Waals surface area contributed by atoms with Crippen LogP contribution in [0.2, 0.25) is 0 Å². The van der Waals surface area contributed by atoms with Gasteiger partial charge in [-0.25, -0.2) is 4.99 Å². The fourth-order valence-electron chi connectivity index (χ4n) is 1.80. The zero-order chi connectivity index (χ0) is 17.7. The molecule has 0 aliphatic rings. The lowest BCUT2D eigenvalue weighted by Crippen LogP contribution is -2.41. The van der Waals surface area contributed by atoms with Crippen molar-refractivity contribution < 1.29 is 4.79 Å². The van der Waals surface area contributed by atoms with E-state index in [1.807, 2.05) is 69.3 Å². The molecule has 0 spiro atoms. The molecule has 2 N–H and O–H groups in total. The van der Waals surface area contributed by atoms with Crippen molar-refractivity contribution in [2.24, 2.45) is 10.4 Å². The first-order chi connectivity index (χ1) is 11.3. The van der Waals surface area contributed by atoms with Crippen molar-refractivity contribution in [3.63, 3.8) is 0 Å². The molecular weight excluding hydrogens is 434 g/mol. The molecule has 0 aromatic heterocycles. The molecule has 0 radical (unpaired) electrons. The first-order valence-electron chi connectivity index (χ1n) is 7.42. The van der Waals surface area contributed by atoms with Crippen LogP contribution in [0.5, 0.6) is 0 Å². The monoisotopic (exact) mass is 451 g/mol. The van der Waals surface area contributed by atoms with Crippen LogP contribution in [0.15, 0.2) is 62.5 Å². The molecule has 0 heterocycles. The predicted octanol–water partition coefficient (Wildman–Crippen LogP) is 5.47. The van der Waals surface area contributed by atoms with Gasteiger partial charge >= 0.3 is 0 Å². The van der Waals surface area contributed by atoms with Gasteiger partial charge in [0.05, 0.1) is 11.4 Å². The number of carbonyl (C=O) groups excluding carboxylic acids is 1. The van der Waals surface area contributed by atoms with E-state index in [-0.39, 0.29) is 11.6 Å². The molecule has 0 amide bonds. The molecule has 126 valence electrons. The number of halogens is 2. The Balaban J connectivity index is 2.24. The number of hydrazine groups is 1. The van der Waals surface area contributed by atoms with Crippen LogP contribution in [0.3, 0.4) is 0 Å². The summed E-state index contributed by atoms with van der Waals surface area (Å²) in [5.74, 6) is 0.197. The van der Waals surface area contributed by atoms with E-state index < -0.39 is 5.41 Å². The summed E-state index contributed by atoms with van der Waals surface area (Å²) in [6.07, 6.45) is 0. The summed E-state index contributed by atoms with van der Waals surface area (Å²) in [5, 5.41) is 0. The maximum absolute atomic E-state index is 12.7. The Bertz CT molecular complexity index is 732. The van der Waals surface area contributed by atoms with Crippen LogP contribution in [-0.2, 0) is 4.79 Å². The summed E-state index contributed by atoms with van der Waals surface area (Å²) >= 11 is 6.79. The first kappa shape index (κ1) is 18.7. The summed E-state index contributed by atoms with van der Waals surface area (Å²) < 4.78 is 1.95. The average Bonchev–Trinajstić information content (AvgIpc) is 2.53. The second-order valence-electron chi connectivity index (χ2n) is 6.27. The first-order valence-corrected chi connectivity index (χ1v) is 9.01. The quantitative estimate of drug-likeness (QED) is 0.367. The number of nitrogens with zero attached hydrogens (tertiary/aromatic N) is 1. The Morgan fingerprint density at radius 3 is 1.92 bits per heavy atom. The number of rotatable bonds is 4. The fraction of sp³-hybridized carbons (Fsp3) is 0.222. The summed E-state index contributed by atoms with van der Waals surface area (Å²) in [6.45, 7) is 5.61. The van der Waals surface area contributed by atoms with Gasteiger partial charge in [0.2, 0.25) is 5.78 Å². The smallest absolute Gasteiger partial charge is 0.204 e. The highest BCUT2D eigenvalue weighted by molar-refractivity contribution is 9.10. The molecule has 0 unspecified atom stereocenters. The van der Waals surface area contributed by atoms with E-state index in [9.17, 15) is 4.79 Å². The van der Waals surface area contributed by atoms with Gasteiger partial charge < -0.3 is 0 Å². The van der Waals surface area contributed by atoms with E-state index in [0.29, 0.717) is 5.69 Å². The van der Waals surface area contributed by atoms with Gasteiger partial charge in [0.1, 0.15) is 0 Å². The number of ketones is 1. The standard InChI is InChI=1S/C18H19Br2N3O/c1-18(2,3)16(24)17(21-14-8-4-12(19)5-9-14)23-22-15-10-6-13(20)7-11-15/h4-11,22H,1-3H3,(H,21,23). The number of nitrogens with one attached hydrogen (secondary N) is 2. The van der Waals surface area contributed by atoms with Crippen molar-refractivity contribution in [2.75, 3.05) is 5.43 Å². The second-order valence-corrected chi connectivity index (χ2v) is 8.10.